The van der Waals surface area contributed by atoms with E-state index in [1.165, 1.54) is 6.20 Å². The van der Waals surface area contributed by atoms with Crippen molar-refractivity contribution in [3.63, 3.8) is 0 Å². The van der Waals surface area contributed by atoms with Crippen LogP contribution in [0.25, 0.3) is 16.7 Å². The lowest BCUT2D eigenvalue weighted by Gasteiger charge is -2.39. The number of nitriles is 1. The normalized spacial score (nSPS) is 26.5. The first-order chi connectivity index (χ1) is 14.4. The number of rotatable bonds is 4. The van der Waals surface area contributed by atoms with Crippen molar-refractivity contribution in [1.82, 2.24) is 9.55 Å². The van der Waals surface area contributed by atoms with Crippen LogP contribution in [0.3, 0.4) is 0 Å². The maximum Gasteiger partial charge on any atom is 0.229 e. The third-order valence-corrected chi connectivity index (χ3v) is 5.24. The molecule has 1 aromatic carbocycles. The van der Waals surface area contributed by atoms with E-state index in [1.54, 1.807) is 35.0 Å². The standard InChI is InChI=1S/C20H18ClN3O6/c21-13-6-12(24-4-3-11-5-10(7-22)8-23-19(11)24)1-2-14(13)29-20-18(28)17(27)16(26)15(9-25)30-20/h1-6,8,15-18,20,25-28H,9H2/t15?,16-,17+,18?,20+/m1/s1. The van der Waals surface area contributed by atoms with Crippen molar-refractivity contribution in [2.45, 2.75) is 30.7 Å². The Labute approximate surface area is 175 Å². The zero-order valence-electron chi connectivity index (χ0n) is 15.5. The second-order valence-corrected chi connectivity index (χ2v) is 7.27. The molecule has 0 saturated carbocycles. The smallest absolute Gasteiger partial charge is 0.229 e. The van der Waals surface area contributed by atoms with Gasteiger partial charge in [0, 0.05) is 23.5 Å². The molecular weight excluding hydrogens is 414 g/mol. The molecule has 0 bridgehead atoms. The van der Waals surface area contributed by atoms with Crippen LogP contribution < -0.4 is 4.74 Å². The van der Waals surface area contributed by atoms with Crippen molar-refractivity contribution in [3.05, 3.63) is 53.3 Å². The summed E-state index contributed by atoms with van der Waals surface area (Å²) in [7, 11) is 0. The van der Waals surface area contributed by atoms with Crippen molar-refractivity contribution in [1.29, 1.82) is 5.26 Å². The fourth-order valence-electron chi connectivity index (χ4n) is 3.32. The Kier molecular flexibility index (Phi) is 5.62. The Balaban J connectivity index is 1.59. The predicted octanol–water partition coefficient (Wildman–Crippen LogP) is 0.729. The molecule has 4 rings (SSSR count). The van der Waals surface area contributed by atoms with Gasteiger partial charge in [0.1, 0.15) is 41.9 Å². The van der Waals surface area contributed by atoms with Gasteiger partial charge in [-0.25, -0.2) is 4.98 Å². The van der Waals surface area contributed by atoms with Gasteiger partial charge in [-0.15, -0.1) is 0 Å². The van der Waals surface area contributed by atoms with Crippen LogP contribution in [0.5, 0.6) is 5.75 Å². The summed E-state index contributed by atoms with van der Waals surface area (Å²) in [4.78, 5) is 4.32. The molecular formula is C20H18ClN3O6. The van der Waals surface area contributed by atoms with Crippen LogP contribution in [0.1, 0.15) is 5.56 Å². The first kappa shape index (κ1) is 20.6. The summed E-state index contributed by atoms with van der Waals surface area (Å²) in [5, 5.41) is 49.2. The third kappa shape index (κ3) is 3.61. The fraction of sp³-hybridized carbons (Fsp3) is 0.300. The van der Waals surface area contributed by atoms with Crippen LogP contribution >= 0.6 is 11.6 Å². The Morgan fingerprint density at radius 3 is 2.67 bits per heavy atom. The average Bonchev–Trinajstić information content (AvgIpc) is 3.18. The summed E-state index contributed by atoms with van der Waals surface area (Å²) in [6.45, 7) is -0.557. The number of nitrogens with zero attached hydrogens (tertiary/aromatic N) is 3. The summed E-state index contributed by atoms with van der Waals surface area (Å²) in [5.41, 5.74) is 1.79. The molecule has 0 amide bonds. The topological polar surface area (TPSA) is 141 Å². The third-order valence-electron chi connectivity index (χ3n) is 4.94. The Morgan fingerprint density at radius 1 is 1.17 bits per heavy atom. The second kappa shape index (κ2) is 8.20. The van der Waals surface area contributed by atoms with Gasteiger partial charge in [-0.2, -0.15) is 5.26 Å². The Morgan fingerprint density at radius 2 is 1.97 bits per heavy atom. The lowest BCUT2D eigenvalue weighted by molar-refractivity contribution is -0.277. The van der Waals surface area contributed by atoms with Gasteiger partial charge in [-0.05, 0) is 30.3 Å². The largest absolute Gasteiger partial charge is 0.460 e. The lowest BCUT2D eigenvalue weighted by Crippen LogP contribution is -2.60. The molecule has 0 spiro atoms. The number of aliphatic hydroxyl groups is 4. The number of aliphatic hydroxyl groups excluding tert-OH is 4. The molecule has 3 heterocycles. The number of ether oxygens (including phenoxy) is 2. The van der Waals surface area contributed by atoms with Gasteiger partial charge in [0.05, 0.1) is 17.2 Å². The van der Waals surface area contributed by atoms with Gasteiger partial charge in [0.2, 0.25) is 6.29 Å². The zero-order valence-corrected chi connectivity index (χ0v) is 16.2. The second-order valence-electron chi connectivity index (χ2n) is 6.86. The van der Waals surface area contributed by atoms with E-state index in [9.17, 15) is 20.4 Å². The lowest BCUT2D eigenvalue weighted by atomic mass is 9.99. The summed E-state index contributed by atoms with van der Waals surface area (Å²) >= 11 is 6.35. The minimum Gasteiger partial charge on any atom is -0.460 e. The van der Waals surface area contributed by atoms with E-state index in [0.717, 1.165) is 5.39 Å². The van der Waals surface area contributed by atoms with Crippen LogP contribution in [0.2, 0.25) is 5.02 Å². The van der Waals surface area contributed by atoms with E-state index in [0.29, 0.717) is 16.9 Å². The number of halogens is 1. The molecule has 30 heavy (non-hydrogen) atoms. The average molecular weight is 432 g/mol. The Bertz CT molecular complexity index is 1110. The van der Waals surface area contributed by atoms with Crippen molar-refractivity contribution >= 4 is 22.6 Å². The van der Waals surface area contributed by atoms with Crippen LogP contribution in [0.4, 0.5) is 0 Å². The van der Waals surface area contributed by atoms with E-state index >= 15 is 0 Å². The number of hydrogen-bond donors (Lipinski definition) is 4. The van der Waals surface area contributed by atoms with Crippen molar-refractivity contribution in [2.75, 3.05) is 6.61 Å². The van der Waals surface area contributed by atoms with Gasteiger partial charge in [0.25, 0.3) is 0 Å². The SMILES string of the molecule is N#Cc1cnc2c(ccn2-c2ccc(O[C@H]3OC(CO)[C@@H](O)[C@H](O)C3O)c(Cl)c2)c1. The van der Waals surface area contributed by atoms with Crippen LogP contribution in [-0.2, 0) is 4.74 Å². The summed E-state index contributed by atoms with van der Waals surface area (Å²) in [5.74, 6) is 0.181. The van der Waals surface area contributed by atoms with Crippen LogP contribution in [-0.4, -0.2) is 67.3 Å². The predicted molar refractivity (Wildman–Crippen MR) is 105 cm³/mol. The first-order valence-corrected chi connectivity index (χ1v) is 9.45. The summed E-state index contributed by atoms with van der Waals surface area (Å²) < 4.78 is 12.7. The van der Waals surface area contributed by atoms with Crippen LogP contribution in [0.15, 0.2) is 42.7 Å². The van der Waals surface area contributed by atoms with E-state index in [4.69, 9.17) is 26.3 Å². The summed E-state index contributed by atoms with van der Waals surface area (Å²) in [6, 6.07) is 10.5. The first-order valence-electron chi connectivity index (χ1n) is 9.07. The van der Waals surface area contributed by atoms with Crippen LogP contribution in [0, 0.1) is 11.3 Å². The molecule has 2 aromatic heterocycles. The van der Waals surface area contributed by atoms with Gasteiger partial charge < -0.3 is 34.5 Å². The molecule has 1 saturated heterocycles. The van der Waals surface area contributed by atoms with Gasteiger partial charge in [-0.1, -0.05) is 11.6 Å². The maximum absolute atomic E-state index is 10.1. The highest BCUT2D eigenvalue weighted by atomic mass is 35.5. The van der Waals surface area contributed by atoms with E-state index in [-0.39, 0.29) is 10.8 Å². The van der Waals surface area contributed by atoms with Crippen molar-refractivity contribution in [2.24, 2.45) is 0 Å². The van der Waals surface area contributed by atoms with Crippen molar-refractivity contribution in [3.8, 4) is 17.5 Å². The summed E-state index contributed by atoms with van der Waals surface area (Å²) in [6.07, 6.45) is -3.69. The highest BCUT2D eigenvalue weighted by Gasteiger charge is 2.44. The molecule has 1 aliphatic heterocycles. The number of pyridine rings is 1. The highest BCUT2D eigenvalue weighted by Crippen LogP contribution is 2.32. The molecule has 3 aromatic rings. The fourth-order valence-corrected chi connectivity index (χ4v) is 3.54. The molecule has 4 N–H and O–H groups in total. The Hall–Kier alpha value is -2.71. The van der Waals surface area contributed by atoms with Crippen molar-refractivity contribution < 1.29 is 29.9 Å². The van der Waals surface area contributed by atoms with E-state index in [1.807, 2.05) is 12.1 Å². The molecule has 1 aliphatic rings. The number of hydrogen-bond acceptors (Lipinski definition) is 8. The highest BCUT2D eigenvalue weighted by molar-refractivity contribution is 6.32. The number of benzene rings is 1. The monoisotopic (exact) mass is 431 g/mol. The number of aromatic nitrogens is 2. The quantitative estimate of drug-likeness (QED) is 0.473. The van der Waals surface area contributed by atoms with E-state index in [2.05, 4.69) is 4.98 Å². The molecule has 1 fully saturated rings. The van der Waals surface area contributed by atoms with E-state index < -0.39 is 37.3 Å². The van der Waals surface area contributed by atoms with Gasteiger partial charge in [-0.3, -0.25) is 0 Å². The van der Waals surface area contributed by atoms with Gasteiger partial charge in [0.15, 0.2) is 0 Å². The molecule has 5 atom stereocenters. The minimum absolute atomic E-state index is 0.181. The minimum atomic E-state index is -1.55. The zero-order chi connectivity index (χ0) is 21.4. The molecule has 10 heteroatoms. The molecule has 2 unspecified atom stereocenters. The number of fused-ring (bicyclic) bond motifs is 1. The molecule has 156 valence electrons. The molecule has 9 nitrogen and oxygen atoms in total. The molecule has 0 radical (unpaired) electrons. The molecule has 0 aliphatic carbocycles. The van der Waals surface area contributed by atoms with Gasteiger partial charge >= 0.3 is 0 Å². The maximum atomic E-state index is 10.1.